The van der Waals surface area contributed by atoms with E-state index in [1.54, 1.807) is 0 Å². The lowest BCUT2D eigenvalue weighted by Gasteiger charge is -2.40. The molecule has 1 aliphatic heterocycles. The fourth-order valence-corrected chi connectivity index (χ4v) is 5.42. The van der Waals surface area contributed by atoms with Crippen LogP contribution in [0.5, 0.6) is 0 Å². The number of amides is 1. The number of primary amides is 1. The number of aromatic nitrogens is 2. The van der Waals surface area contributed by atoms with Crippen molar-refractivity contribution in [2.45, 2.75) is 102 Å². The Hall–Kier alpha value is -1.74. The van der Waals surface area contributed by atoms with Crippen LogP contribution in [0.1, 0.15) is 47.8 Å². The molecule has 0 saturated carbocycles. The summed E-state index contributed by atoms with van der Waals surface area (Å²) in [4.78, 5) is 38.4. The first-order chi connectivity index (χ1) is 15.3. The second-order valence-electron chi connectivity index (χ2n) is 11.9. The smallest absolute Gasteiger partial charge is 0.404 e. The van der Waals surface area contributed by atoms with Gasteiger partial charge in [-0.2, -0.15) is 0 Å². The predicted octanol–water partition coefficient (Wildman–Crippen LogP) is 3.31. The van der Waals surface area contributed by atoms with E-state index in [0.29, 0.717) is 0 Å². The molecule has 12 heteroatoms. The van der Waals surface area contributed by atoms with Crippen LogP contribution in [0.25, 0.3) is 0 Å². The standard InChI is InChI=1S/C22H41N3O7Si2/c1-21(2,3)33(7,8)29-13-14-16(31-19(23)27)17(32-34(9,10)22(4,5)6)18(30-14)25-12-11-15(26)24-20(25)28/h11-12,14,16-18H,13H2,1-10H3,(H2,23,27)(H,24,26,28)/t14-,16+,17?,18-/m1/s1. The number of nitrogens with zero attached hydrogens (tertiary/aromatic N) is 1. The van der Waals surface area contributed by atoms with Gasteiger partial charge in [0.2, 0.25) is 0 Å². The van der Waals surface area contributed by atoms with Crippen molar-refractivity contribution in [3.63, 3.8) is 0 Å². The first-order valence-electron chi connectivity index (χ1n) is 11.5. The summed E-state index contributed by atoms with van der Waals surface area (Å²) in [7, 11) is -4.58. The number of nitrogens with two attached hydrogens (primary N) is 1. The molecule has 10 nitrogen and oxygen atoms in total. The van der Waals surface area contributed by atoms with Crippen LogP contribution in [-0.4, -0.2) is 57.2 Å². The zero-order chi connectivity index (χ0) is 26.3. The number of hydrogen-bond donors (Lipinski definition) is 2. The van der Waals surface area contributed by atoms with E-state index in [-0.39, 0.29) is 16.7 Å². The molecule has 3 N–H and O–H groups in total. The van der Waals surface area contributed by atoms with E-state index < -0.39 is 58.5 Å². The summed E-state index contributed by atoms with van der Waals surface area (Å²) in [5.41, 5.74) is 4.25. The maximum atomic E-state index is 12.6. The molecule has 1 fully saturated rings. The SMILES string of the molecule is CC(C)(C)[Si](C)(C)OC[C@H]1O[C@@H](n2ccc(=O)[nH]c2=O)C(O[Si](C)(C)C(C)(C)C)[C@H]1OC(N)=O. The fourth-order valence-electron chi connectivity index (χ4n) is 3.12. The van der Waals surface area contributed by atoms with Gasteiger partial charge in [-0.25, -0.2) is 9.59 Å². The molecule has 0 bridgehead atoms. The van der Waals surface area contributed by atoms with Gasteiger partial charge in [0.05, 0.1) is 6.61 Å². The Morgan fingerprint density at radius 1 is 1.06 bits per heavy atom. The van der Waals surface area contributed by atoms with Gasteiger partial charge in [0.25, 0.3) is 5.56 Å². The minimum Gasteiger partial charge on any atom is -0.441 e. The summed E-state index contributed by atoms with van der Waals surface area (Å²) in [6, 6.07) is 1.23. The van der Waals surface area contributed by atoms with E-state index in [1.165, 1.54) is 16.8 Å². The quantitative estimate of drug-likeness (QED) is 0.532. The van der Waals surface area contributed by atoms with Crippen molar-refractivity contribution in [3.05, 3.63) is 33.1 Å². The molecule has 2 heterocycles. The highest BCUT2D eigenvalue weighted by Crippen LogP contribution is 2.43. The van der Waals surface area contributed by atoms with Gasteiger partial charge in [-0.15, -0.1) is 0 Å². The molecule has 1 unspecified atom stereocenters. The summed E-state index contributed by atoms with van der Waals surface area (Å²) < 4.78 is 26.0. The highest BCUT2D eigenvalue weighted by molar-refractivity contribution is 6.74. The Morgan fingerprint density at radius 3 is 2.09 bits per heavy atom. The molecule has 2 rings (SSSR count). The lowest BCUT2D eigenvalue weighted by atomic mass is 10.1. The van der Waals surface area contributed by atoms with E-state index >= 15 is 0 Å². The van der Waals surface area contributed by atoms with Crippen molar-refractivity contribution >= 4 is 22.7 Å². The van der Waals surface area contributed by atoms with Crippen molar-refractivity contribution in [1.82, 2.24) is 9.55 Å². The summed E-state index contributed by atoms with van der Waals surface area (Å²) >= 11 is 0. The van der Waals surface area contributed by atoms with Gasteiger partial charge in [0, 0.05) is 12.3 Å². The molecule has 0 radical (unpaired) electrons. The molecular weight excluding hydrogens is 474 g/mol. The second-order valence-corrected chi connectivity index (χ2v) is 21.5. The number of carbonyl (C=O) groups excluding carboxylic acids is 1. The normalized spacial score (nSPS) is 24.3. The van der Waals surface area contributed by atoms with Gasteiger partial charge in [-0.05, 0) is 36.3 Å². The number of carbonyl (C=O) groups is 1. The molecule has 1 saturated heterocycles. The molecule has 0 aliphatic carbocycles. The monoisotopic (exact) mass is 515 g/mol. The average Bonchev–Trinajstić information content (AvgIpc) is 2.94. The first-order valence-corrected chi connectivity index (χ1v) is 17.3. The highest BCUT2D eigenvalue weighted by Gasteiger charge is 2.53. The van der Waals surface area contributed by atoms with Gasteiger partial charge in [-0.1, -0.05) is 41.5 Å². The molecule has 1 amide bonds. The number of H-pyrrole nitrogens is 1. The van der Waals surface area contributed by atoms with Crippen LogP contribution in [0.15, 0.2) is 21.9 Å². The van der Waals surface area contributed by atoms with E-state index in [2.05, 4.69) is 72.7 Å². The van der Waals surface area contributed by atoms with E-state index in [9.17, 15) is 14.4 Å². The summed E-state index contributed by atoms with van der Waals surface area (Å²) in [5.74, 6) is 0. The van der Waals surface area contributed by atoms with Crippen LogP contribution in [0.2, 0.25) is 36.3 Å². The van der Waals surface area contributed by atoms with Crippen molar-refractivity contribution < 1.29 is 23.1 Å². The minimum absolute atomic E-state index is 0.0437. The first kappa shape index (κ1) is 28.5. The lowest BCUT2D eigenvalue weighted by Crippen LogP contribution is -2.51. The molecule has 0 spiro atoms. The lowest BCUT2D eigenvalue weighted by molar-refractivity contribution is -0.0518. The van der Waals surface area contributed by atoms with E-state index in [4.69, 9.17) is 24.1 Å². The second kappa shape index (κ2) is 9.72. The van der Waals surface area contributed by atoms with Crippen molar-refractivity contribution in [2.75, 3.05) is 6.61 Å². The maximum Gasteiger partial charge on any atom is 0.404 e. The largest absolute Gasteiger partial charge is 0.441 e. The van der Waals surface area contributed by atoms with Crippen LogP contribution < -0.4 is 17.0 Å². The van der Waals surface area contributed by atoms with Crippen molar-refractivity contribution in [3.8, 4) is 0 Å². The molecule has 34 heavy (non-hydrogen) atoms. The number of nitrogens with one attached hydrogen (secondary N) is 1. The summed E-state index contributed by atoms with van der Waals surface area (Å²) in [5, 5.41) is -0.210. The minimum atomic E-state index is -2.42. The van der Waals surface area contributed by atoms with Gasteiger partial charge in [-0.3, -0.25) is 14.3 Å². The Labute approximate surface area is 203 Å². The number of ether oxygens (including phenoxy) is 2. The summed E-state index contributed by atoms with van der Waals surface area (Å²) in [6.45, 7) is 21.1. The number of hydrogen-bond acceptors (Lipinski definition) is 7. The fraction of sp³-hybridized carbons (Fsp3) is 0.773. The van der Waals surface area contributed by atoms with Gasteiger partial charge in [0.15, 0.2) is 29.0 Å². The van der Waals surface area contributed by atoms with E-state index in [1.807, 2.05) is 0 Å². The number of rotatable bonds is 7. The molecule has 0 aromatic carbocycles. The third-order valence-corrected chi connectivity index (χ3v) is 16.3. The van der Waals surface area contributed by atoms with Crippen LogP contribution in [-0.2, 0) is 18.3 Å². The van der Waals surface area contributed by atoms with Crippen LogP contribution in [0, 0.1) is 0 Å². The maximum absolute atomic E-state index is 12.6. The third kappa shape index (κ3) is 6.28. The predicted molar refractivity (Wildman–Crippen MR) is 135 cm³/mol. The van der Waals surface area contributed by atoms with Gasteiger partial charge < -0.3 is 24.1 Å². The van der Waals surface area contributed by atoms with Crippen LogP contribution in [0.3, 0.4) is 0 Å². The molecule has 194 valence electrons. The molecule has 1 aromatic heterocycles. The van der Waals surface area contributed by atoms with Crippen LogP contribution >= 0.6 is 0 Å². The summed E-state index contributed by atoms with van der Waals surface area (Å²) in [6.07, 6.45) is -3.02. The Morgan fingerprint density at radius 2 is 1.62 bits per heavy atom. The van der Waals surface area contributed by atoms with Crippen LogP contribution in [0.4, 0.5) is 4.79 Å². The molecular formula is C22H41N3O7Si2. The van der Waals surface area contributed by atoms with Crippen molar-refractivity contribution in [2.24, 2.45) is 5.73 Å². The topological polar surface area (TPSA) is 135 Å². The Kier molecular flexibility index (Phi) is 8.15. The molecule has 1 aliphatic rings. The van der Waals surface area contributed by atoms with Crippen molar-refractivity contribution in [1.29, 1.82) is 0 Å². The zero-order valence-electron chi connectivity index (χ0n) is 22.1. The molecule has 1 aromatic rings. The zero-order valence-corrected chi connectivity index (χ0v) is 24.1. The highest BCUT2D eigenvalue weighted by atomic mass is 28.4. The Balaban J connectivity index is 2.52. The molecule has 4 atom stereocenters. The number of aromatic amines is 1. The average molecular weight is 516 g/mol. The van der Waals surface area contributed by atoms with E-state index in [0.717, 1.165) is 0 Å². The Bertz CT molecular complexity index is 992. The van der Waals surface area contributed by atoms with Gasteiger partial charge >= 0.3 is 11.8 Å². The van der Waals surface area contributed by atoms with Gasteiger partial charge in [0.1, 0.15) is 12.2 Å². The third-order valence-electron chi connectivity index (χ3n) is 7.31.